The zero-order valence-corrected chi connectivity index (χ0v) is 31.0. The number of likely N-dealkylation sites (tertiary alicyclic amines) is 1. The topological polar surface area (TPSA) is 128 Å². The van der Waals surface area contributed by atoms with Crippen LogP contribution < -0.4 is 25.2 Å². The maximum absolute atomic E-state index is 15.3. The molecule has 7 heterocycles. The number of imidazole rings is 1. The summed E-state index contributed by atoms with van der Waals surface area (Å²) in [5.74, 6) is 0.137. The summed E-state index contributed by atoms with van der Waals surface area (Å²) in [6.07, 6.45) is 12.1. The summed E-state index contributed by atoms with van der Waals surface area (Å²) in [7, 11) is 1.98. The van der Waals surface area contributed by atoms with Gasteiger partial charge in [0.1, 0.15) is 18.2 Å². The first-order chi connectivity index (χ1) is 26.9. The zero-order chi connectivity index (χ0) is 37.5. The van der Waals surface area contributed by atoms with E-state index in [9.17, 15) is 9.59 Å². The number of carbonyl (C=O) groups is 2. The lowest BCUT2D eigenvalue weighted by molar-refractivity contribution is -0.134. The van der Waals surface area contributed by atoms with Crippen LogP contribution >= 0.6 is 0 Å². The number of halogens is 1. The Kier molecular flexibility index (Phi) is 9.56. The van der Waals surface area contributed by atoms with Crippen LogP contribution in [0, 0.1) is 5.82 Å². The molecule has 0 saturated carbocycles. The number of ether oxygens (including phenoxy) is 1. The van der Waals surface area contributed by atoms with Crippen molar-refractivity contribution in [1.29, 1.82) is 0 Å². The predicted octanol–water partition coefficient (Wildman–Crippen LogP) is 4.28. The molecule has 15 heteroatoms. The number of amides is 2. The molecule has 286 valence electrons. The fraction of sp³-hybridized carbons (Fsp3) is 0.425. The Morgan fingerprint density at radius 1 is 0.927 bits per heavy atom. The van der Waals surface area contributed by atoms with Crippen LogP contribution in [0.1, 0.15) is 43.2 Å². The van der Waals surface area contributed by atoms with Crippen molar-refractivity contribution in [3.05, 3.63) is 78.8 Å². The van der Waals surface area contributed by atoms with Gasteiger partial charge in [0.15, 0.2) is 11.5 Å². The van der Waals surface area contributed by atoms with Crippen LogP contribution in [-0.4, -0.2) is 118 Å². The van der Waals surface area contributed by atoms with E-state index in [0.29, 0.717) is 54.0 Å². The second-order valence-electron chi connectivity index (χ2n) is 15.0. The number of nitrogens with one attached hydrogen (secondary N) is 2. The van der Waals surface area contributed by atoms with E-state index in [1.807, 2.05) is 48.2 Å². The number of hydrogen-bond donors (Lipinski definition) is 2. The van der Waals surface area contributed by atoms with Gasteiger partial charge < -0.3 is 24.8 Å². The van der Waals surface area contributed by atoms with E-state index < -0.39 is 0 Å². The van der Waals surface area contributed by atoms with Crippen molar-refractivity contribution in [3.63, 3.8) is 0 Å². The minimum Gasteiger partial charge on any atom is -0.489 e. The summed E-state index contributed by atoms with van der Waals surface area (Å²) in [5, 5.41) is 10.6. The first-order valence-corrected chi connectivity index (χ1v) is 19.3. The van der Waals surface area contributed by atoms with Gasteiger partial charge in [0.25, 0.3) is 0 Å². The summed E-state index contributed by atoms with van der Waals surface area (Å²) in [6, 6.07) is 11.9. The number of fused-ring (bicyclic) bond motifs is 2. The molecule has 0 bridgehead atoms. The second kappa shape index (κ2) is 14.9. The number of rotatable bonds is 9. The van der Waals surface area contributed by atoms with Crippen molar-refractivity contribution in [2.45, 2.75) is 37.6 Å². The number of imide groups is 1. The molecule has 4 aliphatic heterocycles. The molecule has 3 saturated heterocycles. The molecule has 0 aliphatic carbocycles. The Morgan fingerprint density at radius 3 is 2.49 bits per heavy atom. The second-order valence-corrected chi connectivity index (χ2v) is 15.0. The Bertz CT molecular complexity index is 2190. The summed E-state index contributed by atoms with van der Waals surface area (Å²) in [5.41, 5.74) is 5.48. The third-order valence-corrected chi connectivity index (χ3v) is 11.6. The average molecular weight is 748 g/mol. The van der Waals surface area contributed by atoms with Gasteiger partial charge in [-0.25, -0.2) is 14.4 Å². The molecule has 0 radical (unpaired) electrons. The molecule has 9 rings (SSSR count). The highest BCUT2D eigenvalue weighted by Crippen LogP contribution is 2.38. The van der Waals surface area contributed by atoms with Crippen LogP contribution in [0.25, 0.3) is 16.9 Å². The molecule has 2 N–H and O–H groups in total. The largest absolute Gasteiger partial charge is 0.489 e. The number of piperidine rings is 2. The number of carbonyl (C=O) groups excluding carboxylic acids is 2. The van der Waals surface area contributed by atoms with Gasteiger partial charge in [-0.15, -0.1) is 0 Å². The fourth-order valence-corrected chi connectivity index (χ4v) is 8.36. The van der Waals surface area contributed by atoms with Crippen LogP contribution in [-0.2, 0) is 9.59 Å². The van der Waals surface area contributed by atoms with Crippen molar-refractivity contribution in [2.75, 3.05) is 87.7 Å². The molecule has 5 aromatic rings. The van der Waals surface area contributed by atoms with Gasteiger partial charge in [0.2, 0.25) is 11.8 Å². The highest BCUT2D eigenvalue weighted by atomic mass is 19.1. The summed E-state index contributed by atoms with van der Waals surface area (Å²) in [6.45, 7) is 9.44. The van der Waals surface area contributed by atoms with E-state index in [2.05, 4.69) is 57.0 Å². The smallest absolute Gasteiger partial charge is 0.234 e. The Hall–Kier alpha value is -5.54. The van der Waals surface area contributed by atoms with E-state index in [1.165, 1.54) is 11.8 Å². The minimum atomic E-state index is -0.369. The number of benzene rings is 2. The molecule has 1 unspecified atom stereocenters. The van der Waals surface area contributed by atoms with E-state index in [4.69, 9.17) is 9.84 Å². The predicted molar refractivity (Wildman–Crippen MR) is 208 cm³/mol. The Balaban J connectivity index is 0.750. The van der Waals surface area contributed by atoms with Crippen LogP contribution in [0.5, 0.6) is 5.75 Å². The van der Waals surface area contributed by atoms with Gasteiger partial charge in [-0.2, -0.15) is 5.10 Å². The highest BCUT2D eigenvalue weighted by Gasteiger charge is 2.29. The number of aromatic nitrogens is 5. The maximum atomic E-state index is 15.3. The number of likely N-dealkylation sites (N-methyl/N-ethyl adjacent to an activating group) is 1. The number of piperazine rings is 1. The van der Waals surface area contributed by atoms with Gasteiger partial charge >= 0.3 is 0 Å². The number of anilines is 4. The molecule has 55 heavy (non-hydrogen) atoms. The molecule has 2 amide bonds. The summed E-state index contributed by atoms with van der Waals surface area (Å²) >= 11 is 0. The van der Waals surface area contributed by atoms with Gasteiger partial charge in [0, 0.05) is 102 Å². The first-order valence-electron chi connectivity index (χ1n) is 19.3. The summed E-state index contributed by atoms with van der Waals surface area (Å²) < 4.78 is 24.9. The van der Waals surface area contributed by atoms with Crippen LogP contribution in [0.3, 0.4) is 0 Å². The molecular formula is C40H46FN11O3. The van der Waals surface area contributed by atoms with E-state index in [1.54, 1.807) is 12.4 Å². The van der Waals surface area contributed by atoms with Gasteiger partial charge in [-0.1, -0.05) is 12.1 Å². The van der Waals surface area contributed by atoms with E-state index >= 15 is 4.39 Å². The van der Waals surface area contributed by atoms with Gasteiger partial charge in [-0.05, 0) is 43.0 Å². The fourth-order valence-electron chi connectivity index (χ4n) is 8.36. The number of hydrogen-bond acceptors (Lipinski definition) is 11. The lowest BCUT2D eigenvalue weighted by Crippen LogP contribution is -2.49. The molecule has 3 fully saturated rings. The first kappa shape index (κ1) is 35.2. The molecule has 2 aromatic carbocycles. The maximum Gasteiger partial charge on any atom is 0.234 e. The van der Waals surface area contributed by atoms with Crippen molar-refractivity contribution in [2.24, 2.45) is 0 Å². The minimum absolute atomic E-state index is 0.181. The van der Waals surface area contributed by atoms with E-state index in [0.717, 1.165) is 88.7 Å². The third-order valence-electron chi connectivity index (χ3n) is 11.6. The SMILES string of the molecule is CN1CCOc2cc(F)c(-c3cnc(Nc4cnn(C5CCN(CCN6CCN(c7ccc(C8CCC(=O)NC8=O)cc7)CC6)CC5)c4)c4nccn34)cc21. The van der Waals surface area contributed by atoms with E-state index in [-0.39, 0.29) is 23.5 Å². The summed E-state index contributed by atoms with van der Waals surface area (Å²) in [4.78, 5) is 42.6. The van der Waals surface area contributed by atoms with Crippen molar-refractivity contribution in [3.8, 4) is 17.0 Å². The molecule has 1 atom stereocenters. The van der Waals surface area contributed by atoms with Crippen molar-refractivity contribution >= 4 is 40.3 Å². The quantitative estimate of drug-likeness (QED) is 0.210. The van der Waals surface area contributed by atoms with Crippen LogP contribution in [0.4, 0.5) is 27.3 Å². The Labute approximate surface area is 318 Å². The molecule has 14 nitrogen and oxygen atoms in total. The lowest BCUT2D eigenvalue weighted by atomic mass is 9.90. The zero-order valence-electron chi connectivity index (χ0n) is 31.0. The highest BCUT2D eigenvalue weighted by molar-refractivity contribution is 6.01. The van der Waals surface area contributed by atoms with Gasteiger partial charge in [0.05, 0.1) is 48.0 Å². The monoisotopic (exact) mass is 747 g/mol. The number of nitrogens with zero attached hydrogens (tertiary/aromatic N) is 9. The van der Waals surface area contributed by atoms with Gasteiger partial charge in [-0.3, -0.25) is 28.9 Å². The molecule has 0 spiro atoms. The third kappa shape index (κ3) is 7.21. The molecule has 3 aromatic heterocycles. The van der Waals surface area contributed by atoms with Crippen molar-refractivity contribution in [1.82, 2.24) is 39.3 Å². The molecular weight excluding hydrogens is 702 g/mol. The molecule has 4 aliphatic rings. The average Bonchev–Trinajstić information content (AvgIpc) is 3.89. The van der Waals surface area contributed by atoms with Crippen molar-refractivity contribution < 1.29 is 18.7 Å². The Morgan fingerprint density at radius 2 is 1.71 bits per heavy atom. The van der Waals surface area contributed by atoms with Crippen LogP contribution in [0.15, 0.2) is 67.4 Å². The van der Waals surface area contributed by atoms with Crippen LogP contribution in [0.2, 0.25) is 0 Å². The standard InChI is InChI=1S/C40H46FN11O3/c1-47-20-21-55-36-23-33(41)32(22-34(36)47)35-25-43-38(39-42-10-13-51(35)39)45-28-24-44-52(26-28)30-8-11-48(12-9-30)14-15-49-16-18-50(19-17-49)29-4-2-27(3-5-29)31-6-7-37(53)46-40(31)54/h2-5,10,13,22-26,30-31H,6-9,11-12,14-21H2,1H3,(H,43,45)(H,46,53,54). The normalized spacial score (nSPS) is 20.1. The lowest BCUT2D eigenvalue weighted by Gasteiger charge is -2.38.